The second-order valence-electron chi connectivity index (χ2n) is 6.72. The van der Waals surface area contributed by atoms with Crippen LogP contribution < -0.4 is 0 Å². The molecule has 1 rings (SSSR count). The SMILES string of the molecule is CC(C)(C)[Si](C)(C)OCCc1cc(Br)ccc1C#CC(=O)O. The average molecular weight is 383 g/mol. The molecule has 1 aromatic carbocycles. The zero-order chi connectivity index (χ0) is 17.0. The third-order valence-electron chi connectivity index (χ3n) is 4.01. The predicted molar refractivity (Wildman–Crippen MR) is 95.5 cm³/mol. The molecular formula is C17H23BrO3Si. The van der Waals surface area contributed by atoms with Crippen molar-refractivity contribution in [3.8, 4) is 11.8 Å². The van der Waals surface area contributed by atoms with Gasteiger partial charge in [0.1, 0.15) is 0 Å². The van der Waals surface area contributed by atoms with E-state index in [4.69, 9.17) is 9.53 Å². The van der Waals surface area contributed by atoms with Gasteiger partial charge in [0.05, 0.1) is 0 Å². The zero-order valence-corrected chi connectivity index (χ0v) is 16.4. The van der Waals surface area contributed by atoms with Crippen LogP contribution in [0.3, 0.4) is 0 Å². The highest BCUT2D eigenvalue weighted by molar-refractivity contribution is 9.10. The maximum Gasteiger partial charge on any atom is 0.382 e. The number of hydrogen-bond donors (Lipinski definition) is 1. The molecule has 0 aliphatic heterocycles. The summed E-state index contributed by atoms with van der Waals surface area (Å²) in [6.07, 6.45) is 0.718. The lowest BCUT2D eigenvalue weighted by atomic mass is 10.1. The Bertz CT molecular complexity index is 607. The lowest BCUT2D eigenvalue weighted by Crippen LogP contribution is -2.41. The predicted octanol–water partition coefficient (Wildman–Crippen LogP) is 4.45. The van der Waals surface area contributed by atoms with E-state index in [1.165, 1.54) is 0 Å². The molecule has 0 aliphatic carbocycles. The van der Waals surface area contributed by atoms with Crippen LogP contribution in [0.4, 0.5) is 0 Å². The van der Waals surface area contributed by atoms with Crippen LogP contribution in [-0.2, 0) is 15.6 Å². The quantitative estimate of drug-likeness (QED) is 0.617. The number of aliphatic carboxylic acids is 1. The van der Waals surface area contributed by atoms with Crippen molar-refractivity contribution < 1.29 is 14.3 Å². The van der Waals surface area contributed by atoms with E-state index < -0.39 is 14.3 Å². The second kappa shape index (κ2) is 7.45. The standard InChI is InChI=1S/C17H23BrO3Si/c1-17(2,3)22(4,5)21-11-10-14-12-15(18)8-6-13(14)7-9-16(19)20/h6,8,12H,10-11H2,1-5H3,(H,19,20). The van der Waals surface area contributed by atoms with Crippen LogP contribution >= 0.6 is 15.9 Å². The maximum atomic E-state index is 10.6. The van der Waals surface area contributed by atoms with Crippen molar-refractivity contribution >= 4 is 30.2 Å². The van der Waals surface area contributed by atoms with Crippen LogP contribution in [0.25, 0.3) is 0 Å². The van der Waals surface area contributed by atoms with Crippen molar-refractivity contribution in [2.75, 3.05) is 6.61 Å². The molecule has 1 aromatic rings. The van der Waals surface area contributed by atoms with E-state index in [1.807, 2.05) is 18.2 Å². The van der Waals surface area contributed by atoms with Gasteiger partial charge in [0.25, 0.3) is 0 Å². The van der Waals surface area contributed by atoms with Gasteiger partial charge in [-0.25, -0.2) is 4.79 Å². The van der Waals surface area contributed by atoms with Gasteiger partial charge in [-0.2, -0.15) is 0 Å². The molecule has 3 nitrogen and oxygen atoms in total. The number of rotatable bonds is 4. The van der Waals surface area contributed by atoms with Gasteiger partial charge in [-0.3, -0.25) is 0 Å². The van der Waals surface area contributed by atoms with Gasteiger partial charge in [-0.15, -0.1) is 0 Å². The van der Waals surface area contributed by atoms with Crippen LogP contribution in [0.1, 0.15) is 31.9 Å². The highest BCUT2D eigenvalue weighted by Crippen LogP contribution is 2.36. The Morgan fingerprint density at radius 3 is 2.55 bits per heavy atom. The number of carbonyl (C=O) groups is 1. The number of hydrogen-bond acceptors (Lipinski definition) is 2. The summed E-state index contributed by atoms with van der Waals surface area (Å²) in [7, 11) is -1.77. The summed E-state index contributed by atoms with van der Waals surface area (Å²) < 4.78 is 7.13. The van der Waals surface area contributed by atoms with Crippen LogP contribution in [0.2, 0.25) is 18.1 Å². The number of halogens is 1. The molecule has 22 heavy (non-hydrogen) atoms. The molecule has 0 fully saturated rings. The summed E-state index contributed by atoms with van der Waals surface area (Å²) in [5.41, 5.74) is 1.74. The molecule has 120 valence electrons. The van der Waals surface area contributed by atoms with Crippen molar-refractivity contribution in [2.45, 2.75) is 45.3 Å². The van der Waals surface area contributed by atoms with Crippen LogP contribution in [0, 0.1) is 11.8 Å². The Kier molecular flexibility index (Phi) is 6.42. The molecule has 0 aromatic heterocycles. The van der Waals surface area contributed by atoms with Gasteiger partial charge in [-0.1, -0.05) is 42.6 Å². The molecule has 1 N–H and O–H groups in total. The molecule has 0 unspecified atom stereocenters. The van der Waals surface area contributed by atoms with Crippen molar-refractivity contribution in [1.29, 1.82) is 0 Å². The average Bonchev–Trinajstić information content (AvgIpc) is 2.36. The fraction of sp³-hybridized carbons (Fsp3) is 0.471. The summed E-state index contributed by atoms with van der Waals surface area (Å²) in [5.74, 6) is 3.76. The summed E-state index contributed by atoms with van der Waals surface area (Å²) in [6.45, 7) is 11.7. The normalized spacial score (nSPS) is 11.7. The summed E-state index contributed by atoms with van der Waals surface area (Å²) in [5, 5.41) is 8.87. The van der Waals surface area contributed by atoms with Crippen LogP contribution in [-0.4, -0.2) is 26.0 Å². The van der Waals surface area contributed by atoms with E-state index in [0.29, 0.717) is 6.61 Å². The third-order valence-corrected chi connectivity index (χ3v) is 9.04. The molecule has 0 aliphatic rings. The van der Waals surface area contributed by atoms with E-state index in [-0.39, 0.29) is 5.04 Å². The molecule has 0 heterocycles. The monoisotopic (exact) mass is 382 g/mol. The van der Waals surface area contributed by atoms with Gasteiger partial charge in [0, 0.05) is 22.6 Å². The van der Waals surface area contributed by atoms with E-state index in [0.717, 1.165) is 22.0 Å². The van der Waals surface area contributed by atoms with E-state index in [1.54, 1.807) is 0 Å². The number of carboxylic acids is 1. The highest BCUT2D eigenvalue weighted by atomic mass is 79.9. The van der Waals surface area contributed by atoms with Crippen molar-refractivity contribution in [3.63, 3.8) is 0 Å². The fourth-order valence-electron chi connectivity index (χ4n) is 1.64. The molecule has 0 spiro atoms. The van der Waals surface area contributed by atoms with Crippen molar-refractivity contribution in [3.05, 3.63) is 33.8 Å². The van der Waals surface area contributed by atoms with Gasteiger partial charge < -0.3 is 9.53 Å². The minimum absolute atomic E-state index is 0.177. The van der Waals surface area contributed by atoms with Crippen LogP contribution in [0.5, 0.6) is 0 Å². The van der Waals surface area contributed by atoms with E-state index >= 15 is 0 Å². The Hall–Kier alpha value is -1.09. The Labute approximate surface area is 142 Å². The van der Waals surface area contributed by atoms with Gasteiger partial charge >= 0.3 is 5.97 Å². The lowest BCUT2D eigenvalue weighted by Gasteiger charge is -2.36. The minimum atomic E-state index is -1.77. The Morgan fingerprint density at radius 2 is 2.00 bits per heavy atom. The molecule has 0 amide bonds. The second-order valence-corrected chi connectivity index (χ2v) is 12.4. The number of benzene rings is 1. The topological polar surface area (TPSA) is 46.5 Å². The van der Waals surface area contributed by atoms with Crippen molar-refractivity contribution in [1.82, 2.24) is 0 Å². The first kappa shape index (κ1) is 19.0. The first-order valence-corrected chi connectivity index (χ1v) is 10.9. The summed E-state index contributed by atoms with van der Waals surface area (Å²) in [6, 6.07) is 5.67. The number of carboxylic acid groups (broad SMARTS) is 1. The first-order valence-electron chi connectivity index (χ1n) is 7.20. The highest BCUT2D eigenvalue weighted by Gasteiger charge is 2.36. The first-order chi connectivity index (χ1) is 10.0. The zero-order valence-electron chi connectivity index (χ0n) is 13.8. The van der Waals surface area contributed by atoms with Crippen LogP contribution in [0.15, 0.2) is 22.7 Å². The van der Waals surface area contributed by atoms with Crippen molar-refractivity contribution in [2.24, 2.45) is 0 Å². The molecule has 0 bridgehead atoms. The summed E-state index contributed by atoms with van der Waals surface area (Å²) >= 11 is 3.44. The molecule has 0 saturated heterocycles. The maximum absolute atomic E-state index is 10.6. The Morgan fingerprint density at radius 1 is 1.36 bits per heavy atom. The molecule has 0 radical (unpaired) electrons. The fourth-order valence-corrected chi connectivity index (χ4v) is 3.10. The van der Waals surface area contributed by atoms with Gasteiger partial charge in [0.15, 0.2) is 8.32 Å². The molecule has 0 atom stereocenters. The smallest absolute Gasteiger partial charge is 0.382 e. The molecule has 0 saturated carbocycles. The van der Waals surface area contributed by atoms with E-state index in [2.05, 4.69) is 61.6 Å². The van der Waals surface area contributed by atoms with Gasteiger partial charge in [0.2, 0.25) is 0 Å². The summed E-state index contributed by atoms with van der Waals surface area (Å²) in [4.78, 5) is 10.6. The van der Waals surface area contributed by atoms with E-state index in [9.17, 15) is 4.79 Å². The minimum Gasteiger partial charge on any atom is -0.472 e. The lowest BCUT2D eigenvalue weighted by molar-refractivity contribution is -0.130. The molecule has 5 heteroatoms. The Balaban J connectivity index is 2.84. The third kappa shape index (κ3) is 5.60. The molecular weight excluding hydrogens is 360 g/mol. The largest absolute Gasteiger partial charge is 0.472 e. The van der Waals surface area contributed by atoms with Gasteiger partial charge in [-0.05, 0) is 48.3 Å².